The minimum atomic E-state index is -0.402. The standard InChI is InChI=1S/C14H22N2O3/c1-4-5-8-19-14-9-12(10-15-11(2)3)6-7-13(14)16(17)18/h6-7,9,11,15H,4-5,8,10H2,1-3H3. The monoisotopic (exact) mass is 266 g/mol. The van der Waals surface area contributed by atoms with Crippen molar-refractivity contribution in [3.8, 4) is 5.75 Å². The highest BCUT2D eigenvalue weighted by Crippen LogP contribution is 2.28. The summed E-state index contributed by atoms with van der Waals surface area (Å²) in [5.74, 6) is 0.363. The van der Waals surface area contributed by atoms with Crippen molar-refractivity contribution in [3.05, 3.63) is 33.9 Å². The van der Waals surface area contributed by atoms with Gasteiger partial charge in [-0.25, -0.2) is 0 Å². The van der Waals surface area contributed by atoms with Crippen LogP contribution in [0, 0.1) is 10.1 Å². The van der Waals surface area contributed by atoms with Crippen LogP contribution in [0.2, 0.25) is 0 Å². The molecule has 1 aromatic carbocycles. The molecular weight excluding hydrogens is 244 g/mol. The number of ether oxygens (including phenoxy) is 1. The molecule has 0 heterocycles. The highest BCUT2D eigenvalue weighted by Gasteiger charge is 2.15. The molecule has 1 rings (SSSR count). The summed E-state index contributed by atoms with van der Waals surface area (Å²) in [5.41, 5.74) is 1.02. The van der Waals surface area contributed by atoms with Gasteiger partial charge in [0.2, 0.25) is 0 Å². The van der Waals surface area contributed by atoms with Crippen LogP contribution in [0.15, 0.2) is 18.2 Å². The SMILES string of the molecule is CCCCOc1cc(CNC(C)C)ccc1[N+](=O)[O-]. The molecule has 19 heavy (non-hydrogen) atoms. The highest BCUT2D eigenvalue weighted by molar-refractivity contribution is 5.48. The van der Waals surface area contributed by atoms with E-state index >= 15 is 0 Å². The average Bonchev–Trinajstić information content (AvgIpc) is 2.36. The molecule has 0 aromatic heterocycles. The maximum absolute atomic E-state index is 10.9. The maximum Gasteiger partial charge on any atom is 0.310 e. The van der Waals surface area contributed by atoms with E-state index in [1.54, 1.807) is 12.1 Å². The zero-order chi connectivity index (χ0) is 14.3. The molecule has 0 aliphatic carbocycles. The van der Waals surface area contributed by atoms with Crippen LogP contribution >= 0.6 is 0 Å². The van der Waals surface area contributed by atoms with Gasteiger partial charge >= 0.3 is 5.69 Å². The van der Waals surface area contributed by atoms with Gasteiger partial charge in [-0.15, -0.1) is 0 Å². The van der Waals surface area contributed by atoms with Gasteiger partial charge in [0, 0.05) is 18.7 Å². The van der Waals surface area contributed by atoms with Crippen molar-refractivity contribution in [3.63, 3.8) is 0 Å². The third-order valence-corrected chi connectivity index (χ3v) is 2.69. The van der Waals surface area contributed by atoms with Gasteiger partial charge in [0.25, 0.3) is 0 Å². The van der Waals surface area contributed by atoms with Crippen LogP contribution < -0.4 is 10.1 Å². The van der Waals surface area contributed by atoms with E-state index in [9.17, 15) is 10.1 Å². The van der Waals surface area contributed by atoms with Crippen molar-refractivity contribution in [1.29, 1.82) is 0 Å². The van der Waals surface area contributed by atoms with Gasteiger partial charge in [0.15, 0.2) is 5.75 Å². The molecule has 0 fully saturated rings. The lowest BCUT2D eigenvalue weighted by molar-refractivity contribution is -0.385. The van der Waals surface area contributed by atoms with Crippen LogP contribution in [0.5, 0.6) is 5.75 Å². The Hall–Kier alpha value is -1.62. The third kappa shape index (κ3) is 5.26. The van der Waals surface area contributed by atoms with E-state index in [1.807, 2.05) is 0 Å². The summed E-state index contributed by atoms with van der Waals surface area (Å²) in [6.45, 7) is 7.37. The normalized spacial score (nSPS) is 10.7. The Bertz CT molecular complexity index is 419. The molecule has 5 heteroatoms. The molecule has 0 aliphatic rings. The molecule has 0 radical (unpaired) electrons. The van der Waals surface area contributed by atoms with Crippen molar-refractivity contribution >= 4 is 5.69 Å². The van der Waals surface area contributed by atoms with Crippen molar-refractivity contribution in [2.24, 2.45) is 0 Å². The van der Waals surface area contributed by atoms with Gasteiger partial charge in [-0.2, -0.15) is 0 Å². The molecular formula is C14H22N2O3. The second-order valence-electron chi connectivity index (χ2n) is 4.80. The van der Waals surface area contributed by atoms with Crippen LogP contribution in [0.25, 0.3) is 0 Å². The van der Waals surface area contributed by atoms with Crippen molar-refractivity contribution in [1.82, 2.24) is 5.32 Å². The fraction of sp³-hybridized carbons (Fsp3) is 0.571. The molecule has 0 unspecified atom stereocenters. The van der Waals surface area contributed by atoms with E-state index in [4.69, 9.17) is 4.74 Å². The van der Waals surface area contributed by atoms with Gasteiger partial charge in [0.1, 0.15) is 0 Å². The number of benzene rings is 1. The molecule has 0 amide bonds. The summed E-state index contributed by atoms with van der Waals surface area (Å²) in [4.78, 5) is 10.5. The van der Waals surface area contributed by atoms with E-state index in [0.29, 0.717) is 24.9 Å². The summed E-state index contributed by atoms with van der Waals surface area (Å²) >= 11 is 0. The lowest BCUT2D eigenvalue weighted by atomic mass is 10.2. The van der Waals surface area contributed by atoms with E-state index in [2.05, 4.69) is 26.1 Å². The number of hydrogen-bond donors (Lipinski definition) is 1. The lowest BCUT2D eigenvalue weighted by Crippen LogP contribution is -2.21. The molecule has 0 aliphatic heterocycles. The topological polar surface area (TPSA) is 64.4 Å². The Morgan fingerprint density at radius 2 is 2.16 bits per heavy atom. The summed E-state index contributed by atoms with van der Waals surface area (Å²) in [7, 11) is 0. The lowest BCUT2D eigenvalue weighted by Gasteiger charge is -2.10. The Kier molecular flexibility index (Phi) is 6.29. The van der Waals surface area contributed by atoms with E-state index < -0.39 is 4.92 Å². The Labute approximate surface area is 114 Å². The molecule has 1 aromatic rings. The van der Waals surface area contributed by atoms with Gasteiger partial charge < -0.3 is 10.1 Å². The van der Waals surface area contributed by atoms with Gasteiger partial charge in [-0.05, 0) is 18.1 Å². The molecule has 0 spiro atoms. The number of nitro groups is 1. The van der Waals surface area contributed by atoms with Gasteiger partial charge in [-0.1, -0.05) is 33.3 Å². The predicted molar refractivity (Wildman–Crippen MR) is 75.5 cm³/mol. The first-order chi connectivity index (χ1) is 9.04. The first-order valence-corrected chi connectivity index (χ1v) is 6.68. The Morgan fingerprint density at radius 3 is 2.74 bits per heavy atom. The first kappa shape index (κ1) is 15.4. The number of nitro benzene ring substituents is 1. The molecule has 5 nitrogen and oxygen atoms in total. The molecule has 0 saturated heterocycles. The van der Waals surface area contributed by atoms with E-state index in [1.165, 1.54) is 6.07 Å². The molecule has 1 N–H and O–H groups in total. The van der Waals surface area contributed by atoms with E-state index in [0.717, 1.165) is 18.4 Å². The quantitative estimate of drug-likeness (QED) is 0.445. The van der Waals surface area contributed by atoms with Crippen LogP contribution in [-0.2, 0) is 6.54 Å². The van der Waals surface area contributed by atoms with E-state index in [-0.39, 0.29) is 5.69 Å². The number of hydrogen-bond acceptors (Lipinski definition) is 4. The second-order valence-corrected chi connectivity index (χ2v) is 4.80. The minimum absolute atomic E-state index is 0.0319. The predicted octanol–water partition coefficient (Wildman–Crippen LogP) is 3.27. The fourth-order valence-corrected chi connectivity index (χ4v) is 1.58. The van der Waals surface area contributed by atoms with Crippen LogP contribution in [0.1, 0.15) is 39.2 Å². The number of nitrogens with one attached hydrogen (secondary N) is 1. The van der Waals surface area contributed by atoms with Crippen LogP contribution in [-0.4, -0.2) is 17.6 Å². The second kappa shape index (κ2) is 7.74. The maximum atomic E-state index is 10.9. The Morgan fingerprint density at radius 1 is 1.42 bits per heavy atom. The first-order valence-electron chi connectivity index (χ1n) is 6.68. The van der Waals surface area contributed by atoms with Gasteiger partial charge in [0.05, 0.1) is 11.5 Å². The number of unbranched alkanes of at least 4 members (excludes halogenated alkanes) is 1. The average molecular weight is 266 g/mol. The van der Waals surface area contributed by atoms with Gasteiger partial charge in [-0.3, -0.25) is 10.1 Å². The molecule has 0 saturated carbocycles. The largest absolute Gasteiger partial charge is 0.487 e. The zero-order valence-electron chi connectivity index (χ0n) is 11.8. The van der Waals surface area contributed by atoms with Crippen molar-refractivity contribution in [2.45, 2.75) is 46.2 Å². The van der Waals surface area contributed by atoms with Crippen molar-refractivity contribution in [2.75, 3.05) is 6.61 Å². The number of rotatable bonds is 8. The Balaban J connectivity index is 2.81. The fourth-order valence-electron chi connectivity index (χ4n) is 1.58. The smallest absolute Gasteiger partial charge is 0.310 e. The number of nitrogens with zero attached hydrogens (tertiary/aromatic N) is 1. The summed E-state index contributed by atoms with van der Waals surface area (Å²) < 4.78 is 5.52. The third-order valence-electron chi connectivity index (χ3n) is 2.69. The van der Waals surface area contributed by atoms with Crippen molar-refractivity contribution < 1.29 is 9.66 Å². The van der Waals surface area contributed by atoms with Crippen LogP contribution in [0.4, 0.5) is 5.69 Å². The summed E-state index contributed by atoms with van der Waals surface area (Å²) in [6, 6.07) is 5.40. The minimum Gasteiger partial charge on any atom is -0.487 e. The summed E-state index contributed by atoms with van der Waals surface area (Å²) in [5, 5.41) is 14.2. The zero-order valence-corrected chi connectivity index (χ0v) is 11.8. The molecule has 106 valence electrons. The highest BCUT2D eigenvalue weighted by atomic mass is 16.6. The van der Waals surface area contributed by atoms with Crippen LogP contribution in [0.3, 0.4) is 0 Å². The molecule has 0 atom stereocenters. The summed E-state index contributed by atoms with van der Waals surface area (Å²) in [6.07, 6.45) is 1.90. The molecule has 0 bridgehead atoms.